The van der Waals surface area contributed by atoms with Crippen LogP contribution in [-0.2, 0) is 27.9 Å². The van der Waals surface area contributed by atoms with Crippen LogP contribution >= 0.6 is 7.82 Å². The molecule has 0 saturated carbocycles. The van der Waals surface area contributed by atoms with E-state index >= 15 is 0 Å². The molecule has 9 nitrogen and oxygen atoms in total. The van der Waals surface area contributed by atoms with Gasteiger partial charge in [-0.25, -0.2) is 0 Å². The summed E-state index contributed by atoms with van der Waals surface area (Å²) in [4.78, 5) is 40.0. The average Bonchev–Trinajstić information content (AvgIpc) is 3.37. The number of unbranched alkanes of at least 4 members (excludes halogenated alkanes) is 23. The van der Waals surface area contributed by atoms with Gasteiger partial charge in [-0.15, -0.1) is 0 Å². The molecule has 10 heteroatoms. The molecular formula is C65H113N2O7P. The van der Waals surface area contributed by atoms with Crippen molar-refractivity contribution in [3.8, 4) is 0 Å². The zero-order valence-electron chi connectivity index (χ0n) is 49.0. The van der Waals surface area contributed by atoms with Gasteiger partial charge in [0.15, 0.2) is 0 Å². The van der Waals surface area contributed by atoms with Gasteiger partial charge in [0.25, 0.3) is 7.82 Å². The van der Waals surface area contributed by atoms with E-state index in [2.05, 4.69) is 123 Å². The Morgan fingerprint density at radius 1 is 0.493 bits per heavy atom. The van der Waals surface area contributed by atoms with Crippen molar-refractivity contribution in [2.45, 2.75) is 251 Å². The fraction of sp³-hybridized carbons (Fsp3) is 0.692. The summed E-state index contributed by atoms with van der Waals surface area (Å²) < 4.78 is 30.3. The highest BCUT2D eigenvalue weighted by Crippen LogP contribution is 2.38. The lowest BCUT2D eigenvalue weighted by atomic mass is 10.0. The number of quaternary nitrogens is 1. The van der Waals surface area contributed by atoms with Crippen molar-refractivity contribution in [2.75, 3.05) is 40.9 Å². The molecule has 0 fully saturated rings. The second kappa shape index (κ2) is 54.0. The molecule has 0 rings (SSSR count). The molecular weight excluding hydrogens is 952 g/mol. The molecule has 3 atom stereocenters. The summed E-state index contributed by atoms with van der Waals surface area (Å²) in [5.41, 5.74) is 0. The Morgan fingerprint density at radius 2 is 0.920 bits per heavy atom. The third-order valence-electron chi connectivity index (χ3n) is 12.8. The fourth-order valence-electron chi connectivity index (χ4n) is 8.14. The Morgan fingerprint density at radius 3 is 1.43 bits per heavy atom. The second-order valence-electron chi connectivity index (χ2n) is 21.1. The molecule has 0 saturated heterocycles. The number of hydrogen-bond donors (Lipinski definition) is 1. The Bertz CT molecular complexity index is 1650. The highest BCUT2D eigenvalue weighted by molar-refractivity contribution is 7.45. The Hall–Kier alpha value is -3.33. The number of ether oxygens (including phenoxy) is 1. The number of nitrogens with one attached hydrogen (secondary N) is 1. The number of phosphoric acid groups is 1. The molecule has 0 aromatic carbocycles. The molecule has 0 spiro atoms. The second-order valence-corrected chi connectivity index (χ2v) is 22.6. The van der Waals surface area contributed by atoms with Crippen molar-refractivity contribution >= 4 is 19.7 Å². The van der Waals surface area contributed by atoms with Gasteiger partial charge in [-0.05, 0) is 96.0 Å². The summed E-state index contributed by atoms with van der Waals surface area (Å²) in [5, 5.41) is 3.01. The molecule has 1 amide bonds. The normalized spacial score (nSPS) is 14.5. The zero-order valence-corrected chi connectivity index (χ0v) is 49.9. The van der Waals surface area contributed by atoms with Gasteiger partial charge in [0.1, 0.15) is 19.3 Å². The minimum atomic E-state index is -4.71. The first kappa shape index (κ1) is 71.7. The standard InChI is InChI=1S/C65H113N2O7P/c1-7-10-13-16-19-22-25-28-30-31-32-33-34-35-37-39-42-45-48-51-54-57-64(68)66-62(61-73-75(70,71)72-60-59-67(4,5)6)63(56-53-50-47-44-41-38-27-24-21-18-15-12-9-3)74-65(69)58-55-52-49-46-43-40-36-29-26-23-20-17-14-11-8-2/h10-11,13-14,17,19-20,22-23,26,28,30,32-33,35,37,53,56,62-63H,7-9,12,15-16,18,21,24-25,27,29,31,34,36,38-52,54-55,57-61H2,1-6H3,(H-,66,68,70,71)/b13-10-,14-11+,20-17+,22-19-,26-23+,30-28-,33-32-,37-35-,56-53-. The van der Waals surface area contributed by atoms with Gasteiger partial charge < -0.3 is 28.5 Å². The van der Waals surface area contributed by atoms with Crippen LogP contribution in [0, 0.1) is 0 Å². The number of esters is 1. The topological polar surface area (TPSA) is 114 Å². The third kappa shape index (κ3) is 55.2. The number of nitrogens with zero attached hydrogens (tertiary/aromatic N) is 1. The lowest BCUT2D eigenvalue weighted by Crippen LogP contribution is -2.47. The van der Waals surface area contributed by atoms with Crippen LogP contribution in [0.5, 0.6) is 0 Å². The van der Waals surface area contributed by atoms with Crippen LogP contribution in [0.1, 0.15) is 239 Å². The molecule has 3 unspecified atom stereocenters. The van der Waals surface area contributed by atoms with Gasteiger partial charge in [0.2, 0.25) is 5.91 Å². The van der Waals surface area contributed by atoms with E-state index in [-0.39, 0.29) is 31.3 Å². The van der Waals surface area contributed by atoms with Gasteiger partial charge in [0, 0.05) is 12.8 Å². The maximum absolute atomic E-state index is 13.5. The van der Waals surface area contributed by atoms with E-state index in [1.54, 1.807) is 0 Å². The number of phosphoric ester groups is 1. The van der Waals surface area contributed by atoms with Crippen molar-refractivity contribution in [1.82, 2.24) is 5.32 Å². The fourth-order valence-corrected chi connectivity index (χ4v) is 8.86. The maximum Gasteiger partial charge on any atom is 0.306 e. The predicted octanol–water partition coefficient (Wildman–Crippen LogP) is 17.9. The van der Waals surface area contributed by atoms with E-state index in [4.69, 9.17) is 13.8 Å². The lowest BCUT2D eigenvalue weighted by molar-refractivity contribution is -0.870. The summed E-state index contributed by atoms with van der Waals surface area (Å²) in [5.74, 6) is -0.583. The molecule has 0 heterocycles. The van der Waals surface area contributed by atoms with E-state index in [9.17, 15) is 19.0 Å². The molecule has 75 heavy (non-hydrogen) atoms. The number of allylic oxidation sites excluding steroid dienone is 17. The van der Waals surface area contributed by atoms with Crippen molar-refractivity contribution in [1.29, 1.82) is 0 Å². The molecule has 430 valence electrons. The molecule has 1 N–H and O–H groups in total. The predicted molar refractivity (Wildman–Crippen MR) is 320 cm³/mol. The van der Waals surface area contributed by atoms with Crippen LogP contribution in [0.15, 0.2) is 109 Å². The highest BCUT2D eigenvalue weighted by Gasteiger charge is 2.27. The van der Waals surface area contributed by atoms with E-state index in [1.807, 2.05) is 33.3 Å². The first-order valence-electron chi connectivity index (χ1n) is 30.2. The number of rotatable bonds is 53. The van der Waals surface area contributed by atoms with Crippen LogP contribution in [-0.4, -0.2) is 69.4 Å². The van der Waals surface area contributed by atoms with E-state index in [1.165, 1.54) is 77.0 Å². The van der Waals surface area contributed by atoms with Crippen LogP contribution in [0.3, 0.4) is 0 Å². The van der Waals surface area contributed by atoms with Crippen LogP contribution in [0.2, 0.25) is 0 Å². The minimum Gasteiger partial charge on any atom is -0.756 e. The lowest BCUT2D eigenvalue weighted by Gasteiger charge is -2.30. The quantitative estimate of drug-likeness (QED) is 0.0161. The minimum absolute atomic E-state index is 0.0342. The number of carbonyl (C=O) groups excluding carboxylic acids is 2. The summed E-state index contributed by atoms with van der Waals surface area (Å²) in [7, 11) is 1.15. The largest absolute Gasteiger partial charge is 0.756 e. The summed E-state index contributed by atoms with van der Waals surface area (Å²) in [6.07, 6.45) is 73.3. The van der Waals surface area contributed by atoms with Crippen LogP contribution in [0.25, 0.3) is 0 Å². The molecule has 0 aliphatic heterocycles. The summed E-state index contributed by atoms with van der Waals surface area (Å²) >= 11 is 0. The molecule has 0 aliphatic rings. The summed E-state index contributed by atoms with van der Waals surface area (Å²) in [6, 6.07) is -0.911. The van der Waals surface area contributed by atoms with E-state index in [0.29, 0.717) is 23.9 Å². The number of likely N-dealkylation sites (N-methyl/N-ethyl adjacent to an activating group) is 1. The number of carbonyl (C=O) groups is 2. The number of hydrogen-bond acceptors (Lipinski definition) is 7. The third-order valence-corrected chi connectivity index (χ3v) is 13.7. The van der Waals surface area contributed by atoms with E-state index in [0.717, 1.165) is 116 Å². The summed E-state index contributed by atoms with van der Waals surface area (Å²) in [6.45, 7) is 6.56. The van der Waals surface area contributed by atoms with Gasteiger partial charge in [-0.2, -0.15) is 0 Å². The average molecular weight is 1070 g/mol. The highest BCUT2D eigenvalue weighted by atomic mass is 31.2. The Labute approximate surface area is 461 Å². The van der Waals surface area contributed by atoms with Gasteiger partial charge in [-0.3, -0.25) is 14.2 Å². The van der Waals surface area contributed by atoms with Crippen molar-refractivity contribution in [2.24, 2.45) is 0 Å². The molecule has 0 radical (unpaired) electrons. The SMILES string of the molecule is CC/C=C\C/C=C\C/C=C\C/C=C\C/C=C\CCCCCCCC(=O)NC(COP(=O)([O-])OCC[N+](C)(C)C)C(/C=C\CCCCCCCCCCCCC)OC(=O)CCCCCCCCC/C=C/C=C/C=C/CC. The van der Waals surface area contributed by atoms with Gasteiger partial charge in [0.05, 0.1) is 33.8 Å². The van der Waals surface area contributed by atoms with Crippen molar-refractivity contribution in [3.05, 3.63) is 109 Å². The Kier molecular flexibility index (Phi) is 51.6. The molecule has 0 aromatic rings. The molecule has 0 bridgehead atoms. The Balaban J connectivity index is 5.36. The van der Waals surface area contributed by atoms with Gasteiger partial charge in [-0.1, -0.05) is 240 Å². The van der Waals surface area contributed by atoms with Crippen LogP contribution < -0.4 is 10.2 Å². The van der Waals surface area contributed by atoms with Crippen LogP contribution in [0.4, 0.5) is 0 Å². The van der Waals surface area contributed by atoms with Gasteiger partial charge >= 0.3 is 5.97 Å². The first-order chi connectivity index (χ1) is 36.4. The first-order valence-corrected chi connectivity index (χ1v) is 31.7. The molecule has 0 aliphatic carbocycles. The monoisotopic (exact) mass is 1060 g/mol. The smallest absolute Gasteiger partial charge is 0.306 e. The maximum atomic E-state index is 13.5. The van der Waals surface area contributed by atoms with E-state index < -0.39 is 26.6 Å². The van der Waals surface area contributed by atoms with Crippen molar-refractivity contribution in [3.63, 3.8) is 0 Å². The molecule has 0 aromatic heterocycles. The van der Waals surface area contributed by atoms with Crippen molar-refractivity contribution < 1.29 is 37.3 Å². The number of amides is 1. The zero-order chi connectivity index (χ0) is 55.0.